The highest BCUT2D eigenvalue weighted by atomic mass is 79.9. The largest absolute Gasteiger partial charge is 0.366 e. The van der Waals surface area contributed by atoms with E-state index in [-0.39, 0.29) is 0 Å². The maximum absolute atomic E-state index is 10.8. The van der Waals surface area contributed by atoms with Gasteiger partial charge in [0.2, 0.25) is 0 Å². The maximum atomic E-state index is 10.8. The number of hydrogen-bond acceptors (Lipinski definition) is 9. The van der Waals surface area contributed by atoms with Gasteiger partial charge in [-0.2, -0.15) is 23.5 Å². The molecule has 0 aromatic carbocycles. The first-order chi connectivity index (χ1) is 13.1. The van der Waals surface area contributed by atoms with Gasteiger partial charge in [0.15, 0.2) is 5.82 Å². The highest BCUT2D eigenvalue weighted by Crippen LogP contribution is 2.18. The summed E-state index contributed by atoms with van der Waals surface area (Å²) in [6.07, 6.45) is 4.55. The van der Waals surface area contributed by atoms with Crippen LogP contribution < -0.4 is 10.6 Å². The van der Waals surface area contributed by atoms with Gasteiger partial charge in [-0.3, -0.25) is 15.1 Å². The number of nitrogens with one attached hydrogen (secondary N) is 2. The molecule has 0 unspecified atom stereocenters. The molecule has 0 saturated carbocycles. The van der Waals surface area contributed by atoms with Crippen molar-refractivity contribution in [2.75, 3.05) is 24.6 Å². The average molecular weight is 490 g/mol. The minimum absolute atomic E-state index is 0.439. The van der Waals surface area contributed by atoms with Crippen LogP contribution in [0.2, 0.25) is 0 Å². The number of nitrogens with zero attached hydrogens (tertiary/aromatic N) is 3. The van der Waals surface area contributed by atoms with Gasteiger partial charge in [0.25, 0.3) is 6.20 Å². The molecular formula is C16H20BrN5O2S3. The van der Waals surface area contributed by atoms with Crippen molar-refractivity contribution in [3.05, 3.63) is 67.2 Å². The zero-order chi connectivity index (χ0) is 19.3. The third-order valence-corrected chi connectivity index (χ3v) is 6.77. The first-order valence-corrected chi connectivity index (χ1v) is 12.1. The lowest BCUT2D eigenvalue weighted by Crippen LogP contribution is -2.30. The Morgan fingerprint density at radius 1 is 1.22 bits per heavy atom. The summed E-state index contributed by atoms with van der Waals surface area (Å²) >= 11 is 8.58. The molecule has 0 aliphatic carbocycles. The fourth-order valence-electron chi connectivity index (χ4n) is 1.95. The van der Waals surface area contributed by atoms with Crippen LogP contribution in [-0.4, -0.2) is 39.5 Å². The monoisotopic (exact) mass is 489 g/mol. The second-order valence-corrected chi connectivity index (χ2v) is 9.19. The van der Waals surface area contributed by atoms with Crippen molar-refractivity contribution in [3.8, 4) is 0 Å². The molecule has 0 aliphatic rings. The third-order valence-electron chi connectivity index (χ3n) is 3.14. The van der Waals surface area contributed by atoms with E-state index in [9.17, 15) is 10.1 Å². The van der Waals surface area contributed by atoms with Gasteiger partial charge < -0.3 is 10.6 Å². The average Bonchev–Trinajstić information content (AvgIpc) is 3.15. The summed E-state index contributed by atoms with van der Waals surface area (Å²) in [5, 5.41) is 20.0. The van der Waals surface area contributed by atoms with Crippen LogP contribution in [0.15, 0.2) is 46.4 Å². The molecule has 0 radical (unpaired) electrons. The molecule has 11 heteroatoms. The minimum Gasteiger partial charge on any atom is -0.366 e. The first-order valence-electron chi connectivity index (χ1n) is 8.11. The minimum atomic E-state index is -0.448. The highest BCUT2D eigenvalue weighted by molar-refractivity contribution is 9.10. The van der Waals surface area contributed by atoms with Crippen molar-refractivity contribution in [3.63, 3.8) is 0 Å². The highest BCUT2D eigenvalue weighted by Gasteiger charge is 2.04. The van der Waals surface area contributed by atoms with Gasteiger partial charge >= 0.3 is 0 Å². The lowest BCUT2D eigenvalue weighted by atomic mass is 10.4. The fraction of sp³-hybridized carbons (Fsp3) is 0.375. The van der Waals surface area contributed by atoms with E-state index in [1.54, 1.807) is 47.3 Å². The van der Waals surface area contributed by atoms with Crippen molar-refractivity contribution in [2.45, 2.75) is 11.5 Å². The molecule has 0 saturated heterocycles. The number of aromatic nitrogens is 2. The van der Waals surface area contributed by atoms with Gasteiger partial charge in [-0.25, -0.2) is 4.98 Å². The predicted octanol–water partition coefficient (Wildman–Crippen LogP) is 3.72. The second kappa shape index (κ2) is 13.0. The molecule has 2 aromatic heterocycles. The topological polar surface area (TPSA) is 93.0 Å². The van der Waals surface area contributed by atoms with E-state index in [0.717, 1.165) is 44.4 Å². The Labute approximate surface area is 179 Å². The maximum Gasteiger partial charge on any atom is 0.274 e. The van der Waals surface area contributed by atoms with E-state index in [0.29, 0.717) is 18.9 Å². The summed E-state index contributed by atoms with van der Waals surface area (Å²) in [5.41, 5.74) is 0.999. The molecule has 2 N–H and O–H groups in total. The summed E-state index contributed by atoms with van der Waals surface area (Å²) in [7, 11) is 0. The molecule has 27 heavy (non-hydrogen) atoms. The summed E-state index contributed by atoms with van der Waals surface area (Å²) in [5.74, 6) is 3.76. The molecule has 0 fully saturated rings. The molecule has 146 valence electrons. The molecule has 2 aromatic rings. The van der Waals surface area contributed by atoms with Gasteiger partial charge in [-0.05, 0) is 28.1 Å². The lowest BCUT2D eigenvalue weighted by molar-refractivity contribution is -0.404. The summed E-state index contributed by atoms with van der Waals surface area (Å²) in [4.78, 5) is 18.9. The lowest BCUT2D eigenvalue weighted by Gasteiger charge is -2.11. The van der Waals surface area contributed by atoms with Crippen LogP contribution in [0.5, 0.6) is 0 Å². The van der Waals surface area contributed by atoms with Gasteiger partial charge in [-0.15, -0.1) is 11.3 Å². The molecule has 0 bridgehead atoms. The standard InChI is InChI=1S/C16H20BrN5O2S3/c17-13-2-1-3-18-14(13)11-25-7-4-19-15(10-22(23)24)20-5-8-26-12-16-21-6-9-27-16/h1-3,6,9-10,19-20H,4-5,7-8,11-12H2/b15-10-. The molecule has 7 nitrogen and oxygen atoms in total. The van der Waals surface area contributed by atoms with E-state index in [2.05, 4.69) is 36.5 Å². The van der Waals surface area contributed by atoms with Crippen LogP contribution in [0, 0.1) is 10.1 Å². The van der Waals surface area contributed by atoms with Crippen LogP contribution in [-0.2, 0) is 11.5 Å². The molecule has 0 spiro atoms. The second-order valence-electron chi connectivity index (χ2n) is 5.14. The van der Waals surface area contributed by atoms with Crippen molar-refractivity contribution < 1.29 is 4.92 Å². The van der Waals surface area contributed by atoms with E-state index in [1.807, 2.05) is 17.5 Å². The fourth-order valence-corrected chi connectivity index (χ4v) is 4.91. The number of thioether (sulfide) groups is 2. The Morgan fingerprint density at radius 2 is 1.96 bits per heavy atom. The quantitative estimate of drug-likeness (QED) is 0.249. The Balaban J connectivity index is 1.62. The number of thiazole rings is 1. The SMILES string of the molecule is O=[N+]([O-])/C=C(\NCCSCc1nccs1)NCCSCc1ncccc1Br. The smallest absolute Gasteiger partial charge is 0.274 e. The number of rotatable bonds is 13. The van der Waals surface area contributed by atoms with Crippen LogP contribution in [0.25, 0.3) is 0 Å². The number of halogens is 1. The number of hydrogen-bond donors (Lipinski definition) is 2. The van der Waals surface area contributed by atoms with Crippen molar-refractivity contribution in [2.24, 2.45) is 0 Å². The molecule has 2 heterocycles. The summed E-state index contributed by atoms with van der Waals surface area (Å²) in [6, 6.07) is 3.85. The third kappa shape index (κ3) is 9.45. The number of nitro groups is 1. The molecule has 0 aliphatic heterocycles. The van der Waals surface area contributed by atoms with E-state index >= 15 is 0 Å². The van der Waals surface area contributed by atoms with Gasteiger partial charge in [0.1, 0.15) is 5.01 Å². The summed E-state index contributed by atoms with van der Waals surface area (Å²) in [6.45, 7) is 1.28. The van der Waals surface area contributed by atoms with Crippen molar-refractivity contribution in [1.82, 2.24) is 20.6 Å². The van der Waals surface area contributed by atoms with E-state index < -0.39 is 4.92 Å². The predicted molar refractivity (Wildman–Crippen MR) is 117 cm³/mol. The Hall–Kier alpha value is -1.30. The van der Waals surface area contributed by atoms with Crippen LogP contribution in [0.3, 0.4) is 0 Å². The zero-order valence-electron chi connectivity index (χ0n) is 14.5. The molecular weight excluding hydrogens is 470 g/mol. The van der Waals surface area contributed by atoms with Gasteiger partial charge in [0, 0.05) is 58.3 Å². The van der Waals surface area contributed by atoms with E-state index in [1.165, 1.54) is 0 Å². The first kappa shape index (κ1) is 22.0. The van der Waals surface area contributed by atoms with Gasteiger partial charge in [0.05, 0.1) is 10.6 Å². The molecule has 0 amide bonds. The van der Waals surface area contributed by atoms with Crippen LogP contribution in [0.4, 0.5) is 0 Å². The van der Waals surface area contributed by atoms with Crippen molar-refractivity contribution >= 4 is 50.8 Å². The molecule has 0 atom stereocenters. The molecule has 2 rings (SSSR count). The summed E-state index contributed by atoms with van der Waals surface area (Å²) < 4.78 is 0.997. The Kier molecular flexibility index (Phi) is 10.6. The van der Waals surface area contributed by atoms with Crippen LogP contribution in [0.1, 0.15) is 10.7 Å². The van der Waals surface area contributed by atoms with E-state index in [4.69, 9.17) is 0 Å². The number of pyridine rings is 1. The zero-order valence-corrected chi connectivity index (χ0v) is 18.5. The Morgan fingerprint density at radius 3 is 2.59 bits per heavy atom. The van der Waals surface area contributed by atoms with Crippen molar-refractivity contribution in [1.29, 1.82) is 0 Å². The van der Waals surface area contributed by atoms with Crippen LogP contribution >= 0.6 is 50.8 Å². The Bertz CT molecular complexity index is 731. The van der Waals surface area contributed by atoms with Gasteiger partial charge in [-0.1, -0.05) is 0 Å². The normalized spacial score (nSPS) is 11.4.